The number of hydrogen-bond acceptors (Lipinski definition) is 5. The number of aryl methyl sites for hydroxylation is 1. The van der Waals surface area contributed by atoms with Crippen LogP contribution in [-0.4, -0.2) is 53.7 Å². The van der Waals surface area contributed by atoms with E-state index in [1.165, 1.54) is 0 Å². The van der Waals surface area contributed by atoms with Gasteiger partial charge in [0, 0.05) is 30.7 Å². The van der Waals surface area contributed by atoms with E-state index in [9.17, 15) is 8.42 Å². The number of likely N-dealkylation sites (N-methyl/N-ethyl adjacent to an activating group) is 1. The van der Waals surface area contributed by atoms with Crippen molar-refractivity contribution >= 4 is 37.3 Å². The van der Waals surface area contributed by atoms with Gasteiger partial charge in [-0.15, -0.1) is 0 Å². The van der Waals surface area contributed by atoms with Crippen molar-refractivity contribution in [3.8, 4) is 5.75 Å². The summed E-state index contributed by atoms with van der Waals surface area (Å²) in [4.78, 5) is 4.63. The Kier molecular flexibility index (Phi) is 5.98. The lowest BCUT2D eigenvalue weighted by Crippen LogP contribution is -2.44. The van der Waals surface area contributed by atoms with Gasteiger partial charge in [-0.05, 0) is 65.8 Å². The van der Waals surface area contributed by atoms with Crippen LogP contribution >= 0.6 is 15.9 Å². The predicted octanol–water partition coefficient (Wildman–Crippen LogP) is 3.32. The van der Waals surface area contributed by atoms with E-state index in [2.05, 4.69) is 37.5 Å². The fourth-order valence-electron chi connectivity index (χ4n) is 3.04. The van der Waals surface area contributed by atoms with Crippen LogP contribution in [0.3, 0.4) is 0 Å². The Morgan fingerprint density at radius 3 is 2.41 bits per heavy atom. The number of halogens is 1. The maximum absolute atomic E-state index is 12.9. The topological polar surface area (TPSA) is 61.9 Å². The van der Waals surface area contributed by atoms with Crippen LogP contribution in [0.2, 0.25) is 0 Å². The van der Waals surface area contributed by atoms with E-state index in [1.807, 2.05) is 19.1 Å². The fraction of sp³-hybridized carbons (Fsp3) is 0.368. The normalized spacial score (nSPS) is 15.6. The lowest BCUT2D eigenvalue weighted by atomic mass is 10.2. The van der Waals surface area contributed by atoms with Crippen LogP contribution in [0, 0.1) is 6.92 Å². The Hall–Kier alpha value is -1.77. The van der Waals surface area contributed by atoms with Crippen molar-refractivity contribution in [3.05, 3.63) is 46.4 Å². The molecule has 27 heavy (non-hydrogen) atoms. The maximum Gasteiger partial charge on any atom is 0.262 e. The van der Waals surface area contributed by atoms with Crippen molar-refractivity contribution in [2.24, 2.45) is 0 Å². The van der Waals surface area contributed by atoms with Crippen molar-refractivity contribution in [1.82, 2.24) is 4.90 Å². The van der Waals surface area contributed by atoms with Crippen molar-refractivity contribution in [2.75, 3.05) is 50.0 Å². The molecule has 1 fully saturated rings. The van der Waals surface area contributed by atoms with Crippen LogP contribution < -0.4 is 14.4 Å². The monoisotopic (exact) mass is 453 g/mol. The number of methoxy groups -OCH3 is 1. The molecule has 0 amide bonds. The highest BCUT2D eigenvalue weighted by atomic mass is 79.9. The SMILES string of the molecule is COc1ccc(S(=O)(=O)Nc2ccc(C)cc2Br)cc1N1CCN(C)CC1. The Morgan fingerprint density at radius 1 is 1.07 bits per heavy atom. The summed E-state index contributed by atoms with van der Waals surface area (Å²) in [7, 11) is -0.0342. The van der Waals surface area contributed by atoms with Crippen LogP contribution in [0.5, 0.6) is 5.75 Å². The van der Waals surface area contributed by atoms with E-state index in [1.54, 1.807) is 31.4 Å². The zero-order chi connectivity index (χ0) is 19.6. The smallest absolute Gasteiger partial charge is 0.262 e. The zero-order valence-electron chi connectivity index (χ0n) is 15.7. The van der Waals surface area contributed by atoms with Gasteiger partial charge >= 0.3 is 0 Å². The number of nitrogens with zero attached hydrogens (tertiary/aromatic N) is 2. The number of nitrogens with one attached hydrogen (secondary N) is 1. The van der Waals surface area contributed by atoms with Gasteiger partial charge in [0.25, 0.3) is 10.0 Å². The van der Waals surface area contributed by atoms with E-state index in [-0.39, 0.29) is 4.90 Å². The summed E-state index contributed by atoms with van der Waals surface area (Å²) >= 11 is 3.42. The van der Waals surface area contributed by atoms with E-state index in [0.29, 0.717) is 15.9 Å². The van der Waals surface area contributed by atoms with Gasteiger partial charge in [0.1, 0.15) is 5.75 Å². The lowest BCUT2D eigenvalue weighted by Gasteiger charge is -2.34. The summed E-state index contributed by atoms with van der Waals surface area (Å²) in [5.41, 5.74) is 2.36. The van der Waals surface area contributed by atoms with Gasteiger partial charge in [-0.3, -0.25) is 4.72 Å². The fourth-order valence-corrected chi connectivity index (χ4v) is 4.86. The summed E-state index contributed by atoms with van der Waals surface area (Å²) in [6, 6.07) is 10.5. The minimum atomic E-state index is -3.72. The minimum Gasteiger partial charge on any atom is -0.495 e. The van der Waals surface area contributed by atoms with Crippen LogP contribution in [0.1, 0.15) is 5.56 Å². The molecule has 2 aromatic carbocycles. The van der Waals surface area contributed by atoms with Gasteiger partial charge in [-0.25, -0.2) is 8.42 Å². The standard InChI is InChI=1S/C19H24BrN3O3S/c1-14-4-6-17(16(20)12-14)21-27(24,25)15-5-7-19(26-3)18(13-15)23-10-8-22(2)9-11-23/h4-7,12-13,21H,8-11H2,1-3H3. The maximum atomic E-state index is 12.9. The summed E-state index contributed by atoms with van der Waals surface area (Å²) in [6.07, 6.45) is 0. The third-order valence-corrected chi connectivity index (χ3v) is 6.69. The van der Waals surface area contributed by atoms with E-state index in [4.69, 9.17) is 4.74 Å². The Bertz CT molecular complexity index is 926. The number of piperazine rings is 1. The molecule has 0 aromatic heterocycles. The van der Waals surface area contributed by atoms with Gasteiger partial charge in [0.2, 0.25) is 0 Å². The molecule has 0 spiro atoms. The number of anilines is 2. The molecule has 1 N–H and O–H groups in total. The Balaban J connectivity index is 1.92. The van der Waals surface area contributed by atoms with Gasteiger partial charge in [-0.1, -0.05) is 6.07 Å². The first-order chi connectivity index (χ1) is 12.8. The second-order valence-corrected chi connectivity index (χ2v) is 9.25. The molecule has 146 valence electrons. The number of hydrogen-bond donors (Lipinski definition) is 1. The third kappa shape index (κ3) is 4.56. The van der Waals surface area contributed by atoms with Gasteiger partial charge in [0.15, 0.2) is 0 Å². The molecule has 1 aliphatic heterocycles. The molecule has 0 saturated carbocycles. The predicted molar refractivity (Wildman–Crippen MR) is 112 cm³/mol. The highest BCUT2D eigenvalue weighted by molar-refractivity contribution is 9.10. The molecule has 1 saturated heterocycles. The number of ether oxygens (including phenoxy) is 1. The van der Waals surface area contributed by atoms with E-state index in [0.717, 1.165) is 37.4 Å². The summed E-state index contributed by atoms with van der Waals surface area (Å²) in [6.45, 7) is 5.46. The summed E-state index contributed by atoms with van der Waals surface area (Å²) < 4.78 is 34.7. The van der Waals surface area contributed by atoms with Crippen LogP contribution in [-0.2, 0) is 10.0 Å². The molecule has 6 nitrogen and oxygen atoms in total. The Morgan fingerprint density at radius 2 is 1.78 bits per heavy atom. The minimum absolute atomic E-state index is 0.213. The van der Waals surface area contributed by atoms with Crippen LogP contribution in [0.4, 0.5) is 11.4 Å². The molecule has 0 atom stereocenters. The highest BCUT2D eigenvalue weighted by Crippen LogP contribution is 2.33. The second-order valence-electron chi connectivity index (χ2n) is 6.71. The molecule has 0 unspecified atom stereocenters. The van der Waals surface area contributed by atoms with Crippen molar-refractivity contribution in [1.29, 1.82) is 0 Å². The lowest BCUT2D eigenvalue weighted by molar-refractivity contribution is 0.311. The van der Waals surface area contributed by atoms with Crippen LogP contribution in [0.25, 0.3) is 0 Å². The first kappa shape index (κ1) is 20.0. The molecule has 8 heteroatoms. The molecule has 1 heterocycles. The van der Waals surface area contributed by atoms with Gasteiger partial charge in [-0.2, -0.15) is 0 Å². The summed E-state index contributed by atoms with van der Waals surface area (Å²) in [5, 5.41) is 0. The largest absolute Gasteiger partial charge is 0.495 e. The zero-order valence-corrected chi connectivity index (χ0v) is 18.1. The molecule has 2 aromatic rings. The molecular formula is C19H24BrN3O3S. The van der Waals surface area contributed by atoms with E-state index < -0.39 is 10.0 Å². The highest BCUT2D eigenvalue weighted by Gasteiger charge is 2.22. The second kappa shape index (κ2) is 8.08. The molecule has 0 bridgehead atoms. The number of sulfonamides is 1. The summed E-state index contributed by atoms with van der Waals surface area (Å²) in [5.74, 6) is 0.676. The molecule has 3 rings (SSSR count). The molecule has 0 radical (unpaired) electrons. The van der Waals surface area contributed by atoms with Crippen molar-refractivity contribution < 1.29 is 13.2 Å². The van der Waals surface area contributed by atoms with Gasteiger partial charge in [0.05, 0.1) is 23.4 Å². The van der Waals surface area contributed by atoms with Gasteiger partial charge < -0.3 is 14.5 Å². The number of benzene rings is 2. The molecule has 1 aliphatic rings. The van der Waals surface area contributed by atoms with Crippen molar-refractivity contribution in [3.63, 3.8) is 0 Å². The average molecular weight is 454 g/mol. The first-order valence-electron chi connectivity index (χ1n) is 8.70. The first-order valence-corrected chi connectivity index (χ1v) is 11.0. The van der Waals surface area contributed by atoms with Crippen LogP contribution in [0.15, 0.2) is 45.8 Å². The molecular weight excluding hydrogens is 430 g/mol. The average Bonchev–Trinajstić information content (AvgIpc) is 2.64. The molecule has 0 aliphatic carbocycles. The van der Waals surface area contributed by atoms with E-state index >= 15 is 0 Å². The van der Waals surface area contributed by atoms with Crippen molar-refractivity contribution in [2.45, 2.75) is 11.8 Å². The Labute approximate surface area is 169 Å². The quantitative estimate of drug-likeness (QED) is 0.751. The third-order valence-electron chi connectivity index (χ3n) is 4.67. The number of rotatable bonds is 5.